The van der Waals surface area contributed by atoms with Crippen LogP contribution in [0.25, 0.3) is 5.69 Å². The maximum absolute atomic E-state index is 12.5. The maximum atomic E-state index is 12.5. The van der Waals surface area contributed by atoms with Crippen LogP contribution in [-0.4, -0.2) is 34.9 Å². The van der Waals surface area contributed by atoms with Gasteiger partial charge in [0.15, 0.2) is 5.16 Å². The first kappa shape index (κ1) is 26.6. The molecule has 0 radical (unpaired) electrons. The molecule has 1 amide bonds. The zero-order valence-corrected chi connectivity index (χ0v) is 22.4. The molecule has 0 saturated heterocycles. The third kappa shape index (κ3) is 7.50. The number of nitrogens with one attached hydrogen (secondary N) is 1. The molecule has 0 unspecified atom stereocenters. The molecule has 1 aromatic heterocycles. The molecule has 1 N–H and O–H groups in total. The first-order valence-corrected chi connectivity index (χ1v) is 13.3. The number of aryl methyl sites for hydroxylation is 1. The van der Waals surface area contributed by atoms with E-state index >= 15 is 0 Å². The van der Waals surface area contributed by atoms with Crippen molar-refractivity contribution in [2.24, 2.45) is 0 Å². The van der Waals surface area contributed by atoms with Crippen LogP contribution in [0.3, 0.4) is 0 Å². The Kier molecular flexibility index (Phi) is 9.46. The lowest BCUT2D eigenvalue weighted by molar-refractivity contribution is -0.121. The molecule has 0 aliphatic heterocycles. The molecular weight excluding hydrogens is 508 g/mol. The van der Waals surface area contributed by atoms with E-state index in [-0.39, 0.29) is 5.91 Å². The highest BCUT2D eigenvalue weighted by Crippen LogP contribution is 2.28. The normalized spacial score (nSPS) is 10.8. The molecule has 4 rings (SSSR count). The lowest BCUT2D eigenvalue weighted by Crippen LogP contribution is -2.22. The predicted octanol–water partition coefficient (Wildman–Crippen LogP) is 5.87. The van der Waals surface area contributed by atoms with Crippen LogP contribution >= 0.6 is 23.4 Å². The number of benzene rings is 3. The van der Waals surface area contributed by atoms with Gasteiger partial charge in [0.1, 0.15) is 17.3 Å². The number of nitrogens with zero attached hydrogens (tertiary/aromatic N) is 3. The Balaban J connectivity index is 1.41. The summed E-state index contributed by atoms with van der Waals surface area (Å²) in [6, 6.07) is 23.2. The Hall–Kier alpha value is -3.49. The van der Waals surface area contributed by atoms with E-state index in [0.29, 0.717) is 36.6 Å². The van der Waals surface area contributed by atoms with Crippen LogP contribution in [0, 0.1) is 0 Å². The maximum Gasteiger partial charge on any atom is 0.220 e. The molecular formula is C28H29ClN4O3S. The zero-order chi connectivity index (χ0) is 26.0. The van der Waals surface area contributed by atoms with E-state index in [4.69, 9.17) is 21.1 Å². The molecule has 0 atom stereocenters. The van der Waals surface area contributed by atoms with Crippen molar-refractivity contribution in [3.8, 4) is 17.2 Å². The first-order valence-electron chi connectivity index (χ1n) is 11.9. The first-order chi connectivity index (χ1) is 18.1. The van der Waals surface area contributed by atoms with Gasteiger partial charge in [0.2, 0.25) is 5.91 Å². The topological polar surface area (TPSA) is 78.3 Å². The monoisotopic (exact) mass is 536 g/mol. The minimum atomic E-state index is -0.00109. The third-order valence-electron chi connectivity index (χ3n) is 5.72. The summed E-state index contributed by atoms with van der Waals surface area (Å²) >= 11 is 7.74. The van der Waals surface area contributed by atoms with Gasteiger partial charge in [-0.2, -0.15) is 0 Å². The fourth-order valence-corrected chi connectivity index (χ4v) is 4.91. The van der Waals surface area contributed by atoms with Crippen molar-refractivity contribution in [2.75, 3.05) is 14.2 Å². The van der Waals surface area contributed by atoms with Crippen LogP contribution in [0.15, 0.2) is 78.0 Å². The number of halogens is 1. The molecule has 0 fully saturated rings. The van der Waals surface area contributed by atoms with Crippen LogP contribution in [0.5, 0.6) is 11.5 Å². The van der Waals surface area contributed by atoms with E-state index in [1.165, 1.54) is 0 Å². The standard InChI is InChI=1S/C28H29ClN4O3S/c1-35-24-14-12-20(13-15-24)18-30-27(34)11-5-10-26-31-32-28(37-19-21-6-3-7-22(29)16-21)33(26)23-8-4-9-25(17-23)36-2/h3-4,6-9,12-17H,5,10-11,18-19H2,1-2H3,(H,30,34). The molecule has 192 valence electrons. The number of amides is 1. The largest absolute Gasteiger partial charge is 0.497 e. The zero-order valence-electron chi connectivity index (χ0n) is 20.8. The van der Waals surface area contributed by atoms with Crippen molar-refractivity contribution in [1.82, 2.24) is 20.1 Å². The fourth-order valence-electron chi connectivity index (χ4n) is 3.78. The van der Waals surface area contributed by atoms with Crippen LogP contribution in [0.4, 0.5) is 0 Å². The van der Waals surface area contributed by atoms with Gasteiger partial charge in [0.05, 0.1) is 19.9 Å². The van der Waals surface area contributed by atoms with Crippen molar-refractivity contribution in [1.29, 1.82) is 0 Å². The number of hydrogen-bond acceptors (Lipinski definition) is 6. The number of aromatic nitrogens is 3. The van der Waals surface area contributed by atoms with Gasteiger partial charge in [-0.25, -0.2) is 0 Å². The Morgan fingerprint density at radius 2 is 1.73 bits per heavy atom. The molecule has 0 bridgehead atoms. The highest BCUT2D eigenvalue weighted by atomic mass is 35.5. The lowest BCUT2D eigenvalue weighted by atomic mass is 10.2. The van der Waals surface area contributed by atoms with Gasteiger partial charge < -0.3 is 14.8 Å². The van der Waals surface area contributed by atoms with Crippen molar-refractivity contribution in [3.63, 3.8) is 0 Å². The van der Waals surface area contributed by atoms with E-state index in [1.807, 2.05) is 77.4 Å². The third-order valence-corrected chi connectivity index (χ3v) is 6.96. The van der Waals surface area contributed by atoms with Crippen LogP contribution in [-0.2, 0) is 23.5 Å². The number of rotatable bonds is 12. The number of methoxy groups -OCH3 is 2. The molecule has 1 heterocycles. The van der Waals surface area contributed by atoms with Gasteiger partial charge in [0, 0.05) is 36.2 Å². The smallest absolute Gasteiger partial charge is 0.220 e. The minimum absolute atomic E-state index is 0.00109. The SMILES string of the molecule is COc1ccc(CNC(=O)CCCc2nnc(SCc3cccc(Cl)c3)n2-c2cccc(OC)c2)cc1. The second kappa shape index (κ2) is 13.2. The lowest BCUT2D eigenvalue weighted by Gasteiger charge is -2.12. The summed E-state index contributed by atoms with van der Waals surface area (Å²) < 4.78 is 12.6. The number of hydrogen-bond donors (Lipinski definition) is 1. The van der Waals surface area contributed by atoms with Crippen molar-refractivity contribution in [2.45, 2.75) is 36.7 Å². The summed E-state index contributed by atoms with van der Waals surface area (Å²) in [7, 11) is 3.28. The predicted molar refractivity (Wildman–Crippen MR) is 147 cm³/mol. The molecule has 37 heavy (non-hydrogen) atoms. The summed E-state index contributed by atoms with van der Waals surface area (Å²) in [5.41, 5.74) is 3.04. The van der Waals surface area contributed by atoms with Crippen LogP contribution < -0.4 is 14.8 Å². The minimum Gasteiger partial charge on any atom is -0.497 e. The van der Waals surface area contributed by atoms with Gasteiger partial charge in [-0.15, -0.1) is 10.2 Å². The number of ether oxygens (including phenoxy) is 2. The van der Waals surface area contributed by atoms with E-state index < -0.39 is 0 Å². The molecule has 3 aromatic carbocycles. The molecule has 0 spiro atoms. The number of thioether (sulfide) groups is 1. The van der Waals surface area contributed by atoms with Gasteiger partial charge in [-0.05, 0) is 53.9 Å². The Morgan fingerprint density at radius 3 is 2.49 bits per heavy atom. The second-order valence-electron chi connectivity index (χ2n) is 8.33. The molecule has 9 heteroatoms. The second-order valence-corrected chi connectivity index (χ2v) is 9.71. The van der Waals surface area contributed by atoms with Crippen LogP contribution in [0.2, 0.25) is 5.02 Å². The van der Waals surface area contributed by atoms with E-state index in [0.717, 1.165) is 39.3 Å². The van der Waals surface area contributed by atoms with Crippen molar-refractivity contribution in [3.05, 3.63) is 94.8 Å². The summed E-state index contributed by atoms with van der Waals surface area (Å²) in [5.74, 6) is 3.04. The molecule has 7 nitrogen and oxygen atoms in total. The Morgan fingerprint density at radius 1 is 0.946 bits per heavy atom. The Bertz CT molecular complexity index is 1330. The van der Waals surface area contributed by atoms with Gasteiger partial charge in [-0.1, -0.05) is 53.7 Å². The highest BCUT2D eigenvalue weighted by molar-refractivity contribution is 7.98. The van der Waals surface area contributed by atoms with Crippen LogP contribution in [0.1, 0.15) is 29.8 Å². The van der Waals surface area contributed by atoms with Crippen molar-refractivity contribution >= 4 is 29.3 Å². The summed E-state index contributed by atoms with van der Waals surface area (Å²) in [4.78, 5) is 12.5. The van der Waals surface area contributed by atoms with E-state index in [2.05, 4.69) is 15.5 Å². The van der Waals surface area contributed by atoms with Crippen molar-refractivity contribution < 1.29 is 14.3 Å². The average molecular weight is 537 g/mol. The molecule has 0 aliphatic rings. The van der Waals surface area contributed by atoms with E-state index in [1.54, 1.807) is 26.0 Å². The van der Waals surface area contributed by atoms with Gasteiger partial charge in [-0.3, -0.25) is 9.36 Å². The van der Waals surface area contributed by atoms with Gasteiger partial charge in [0.25, 0.3) is 0 Å². The highest BCUT2D eigenvalue weighted by Gasteiger charge is 2.16. The number of carbonyl (C=O) groups excluding carboxylic acids is 1. The summed E-state index contributed by atoms with van der Waals surface area (Å²) in [5, 5.41) is 13.4. The summed E-state index contributed by atoms with van der Waals surface area (Å²) in [6.07, 6.45) is 1.65. The quantitative estimate of drug-likeness (QED) is 0.228. The average Bonchev–Trinajstić information content (AvgIpc) is 3.33. The molecule has 0 aliphatic carbocycles. The summed E-state index contributed by atoms with van der Waals surface area (Å²) in [6.45, 7) is 0.479. The van der Waals surface area contributed by atoms with Gasteiger partial charge >= 0.3 is 0 Å². The number of carbonyl (C=O) groups is 1. The van der Waals surface area contributed by atoms with E-state index in [9.17, 15) is 4.79 Å². The fraction of sp³-hybridized carbons (Fsp3) is 0.250. The molecule has 4 aromatic rings. The Labute approximate surface area is 226 Å². The molecule has 0 saturated carbocycles.